The van der Waals surface area contributed by atoms with Crippen molar-refractivity contribution in [3.8, 4) is 5.75 Å². The summed E-state index contributed by atoms with van der Waals surface area (Å²) in [5.74, 6) is 2.74. The highest BCUT2D eigenvalue weighted by Gasteiger charge is 2.18. The predicted octanol–water partition coefficient (Wildman–Crippen LogP) is 2.78. The van der Waals surface area contributed by atoms with Crippen molar-refractivity contribution in [3.05, 3.63) is 54.2 Å². The minimum Gasteiger partial charge on any atom is -0.492 e. The zero-order valence-electron chi connectivity index (χ0n) is 18.3. The van der Waals surface area contributed by atoms with Gasteiger partial charge in [0.1, 0.15) is 18.2 Å². The third kappa shape index (κ3) is 6.62. The van der Waals surface area contributed by atoms with E-state index < -0.39 is 0 Å². The second-order valence-electron chi connectivity index (χ2n) is 7.40. The van der Waals surface area contributed by atoms with Gasteiger partial charge in [-0.1, -0.05) is 18.2 Å². The Balaban J connectivity index is 1.57. The van der Waals surface area contributed by atoms with E-state index in [4.69, 9.17) is 14.5 Å². The highest BCUT2D eigenvalue weighted by molar-refractivity contribution is 5.79. The van der Waals surface area contributed by atoms with Crippen LogP contribution in [0.2, 0.25) is 0 Å². The van der Waals surface area contributed by atoms with Crippen LogP contribution in [0.15, 0.2) is 53.7 Å². The van der Waals surface area contributed by atoms with E-state index in [1.165, 1.54) is 0 Å². The fourth-order valence-corrected chi connectivity index (χ4v) is 3.32. The van der Waals surface area contributed by atoms with Crippen molar-refractivity contribution in [2.45, 2.75) is 26.5 Å². The fraction of sp³-hybridized carbons (Fsp3) is 0.478. The number of aromatic nitrogens is 1. The minimum atomic E-state index is 0.231. The van der Waals surface area contributed by atoms with Gasteiger partial charge >= 0.3 is 0 Å². The number of pyridine rings is 1. The van der Waals surface area contributed by atoms with Crippen molar-refractivity contribution in [1.82, 2.24) is 15.2 Å². The zero-order valence-corrected chi connectivity index (χ0v) is 18.3. The number of nitrogens with zero attached hydrogens (tertiary/aromatic N) is 4. The molecule has 1 unspecified atom stereocenters. The number of aliphatic imine (C=N–C) groups is 1. The summed E-state index contributed by atoms with van der Waals surface area (Å²) in [6.07, 6.45) is 2.10. The molecule has 1 saturated heterocycles. The smallest absolute Gasteiger partial charge is 0.194 e. The third-order valence-electron chi connectivity index (χ3n) is 4.92. The molecule has 0 radical (unpaired) electrons. The summed E-state index contributed by atoms with van der Waals surface area (Å²) in [5.41, 5.74) is 1.14. The molecule has 1 N–H and O–H groups in total. The van der Waals surface area contributed by atoms with Crippen LogP contribution in [0.1, 0.15) is 19.4 Å². The van der Waals surface area contributed by atoms with Gasteiger partial charge in [0.2, 0.25) is 0 Å². The normalized spacial score (nSPS) is 17.0. The quantitative estimate of drug-likeness (QED) is 0.532. The molecular formula is C23H33N5O2. The van der Waals surface area contributed by atoms with E-state index in [0.717, 1.165) is 55.9 Å². The Kier molecular flexibility index (Phi) is 8.32. The maximum Gasteiger partial charge on any atom is 0.194 e. The Labute approximate surface area is 179 Å². The second kappa shape index (κ2) is 11.4. The highest BCUT2D eigenvalue weighted by atomic mass is 16.5. The van der Waals surface area contributed by atoms with E-state index in [2.05, 4.69) is 40.0 Å². The van der Waals surface area contributed by atoms with Crippen LogP contribution >= 0.6 is 0 Å². The second-order valence-corrected chi connectivity index (χ2v) is 7.40. The third-order valence-corrected chi connectivity index (χ3v) is 4.92. The summed E-state index contributed by atoms with van der Waals surface area (Å²) in [4.78, 5) is 13.7. The average molecular weight is 412 g/mol. The minimum absolute atomic E-state index is 0.231. The Morgan fingerprint density at radius 3 is 2.93 bits per heavy atom. The van der Waals surface area contributed by atoms with Crippen LogP contribution in [0.5, 0.6) is 5.75 Å². The maximum atomic E-state index is 5.81. The molecule has 1 aliphatic rings. The van der Waals surface area contributed by atoms with E-state index in [9.17, 15) is 0 Å². The molecule has 1 aromatic heterocycles. The van der Waals surface area contributed by atoms with E-state index in [1.54, 1.807) is 0 Å². The molecule has 1 aliphatic heterocycles. The lowest BCUT2D eigenvalue weighted by Gasteiger charge is -2.32. The first-order chi connectivity index (χ1) is 14.7. The van der Waals surface area contributed by atoms with Gasteiger partial charge in [0, 0.05) is 32.9 Å². The number of rotatable bonds is 8. The van der Waals surface area contributed by atoms with Gasteiger partial charge in [0.05, 0.1) is 25.8 Å². The number of benzene rings is 1. The lowest BCUT2D eigenvalue weighted by atomic mass is 10.2. The maximum absolute atomic E-state index is 5.81. The number of hydrogen-bond acceptors (Lipinski definition) is 5. The summed E-state index contributed by atoms with van der Waals surface area (Å²) in [7, 11) is 2.03. The lowest BCUT2D eigenvalue weighted by Crippen LogP contribution is -2.41. The summed E-state index contributed by atoms with van der Waals surface area (Å²) in [5, 5.41) is 3.36. The molecule has 1 atom stereocenters. The molecule has 0 amide bonds. The van der Waals surface area contributed by atoms with Crippen molar-refractivity contribution in [2.24, 2.45) is 4.99 Å². The Bertz CT molecular complexity index is 799. The lowest BCUT2D eigenvalue weighted by molar-refractivity contribution is 0.0529. The first-order valence-corrected chi connectivity index (χ1v) is 10.6. The van der Waals surface area contributed by atoms with Crippen LogP contribution in [0, 0.1) is 0 Å². The first kappa shape index (κ1) is 21.9. The molecule has 162 valence electrons. The monoisotopic (exact) mass is 411 g/mol. The Morgan fingerprint density at radius 1 is 1.33 bits per heavy atom. The topological polar surface area (TPSA) is 62.2 Å². The average Bonchev–Trinajstić information content (AvgIpc) is 2.77. The van der Waals surface area contributed by atoms with Crippen LogP contribution < -0.4 is 15.0 Å². The Hall–Kier alpha value is -2.80. The SMILES string of the molecule is CCNC(=NCc1ccnc(N2CCOC(C)C2)c1)N(C)CCOc1ccccc1. The summed E-state index contributed by atoms with van der Waals surface area (Å²) in [6.45, 7) is 9.41. The molecule has 7 nitrogen and oxygen atoms in total. The molecule has 1 fully saturated rings. The Morgan fingerprint density at radius 2 is 2.17 bits per heavy atom. The van der Waals surface area contributed by atoms with Gasteiger partial charge in [-0.15, -0.1) is 0 Å². The van der Waals surface area contributed by atoms with Crippen molar-refractivity contribution < 1.29 is 9.47 Å². The van der Waals surface area contributed by atoms with Gasteiger partial charge in [-0.05, 0) is 43.7 Å². The molecule has 0 spiro atoms. The summed E-state index contributed by atoms with van der Waals surface area (Å²) >= 11 is 0. The van der Waals surface area contributed by atoms with Crippen molar-refractivity contribution in [3.63, 3.8) is 0 Å². The number of likely N-dealkylation sites (N-methyl/N-ethyl adjacent to an activating group) is 1. The van der Waals surface area contributed by atoms with E-state index >= 15 is 0 Å². The van der Waals surface area contributed by atoms with Crippen LogP contribution in [0.25, 0.3) is 0 Å². The number of guanidine groups is 1. The molecule has 1 aromatic carbocycles. The number of hydrogen-bond donors (Lipinski definition) is 1. The molecule has 2 aromatic rings. The molecule has 0 bridgehead atoms. The van der Waals surface area contributed by atoms with Gasteiger partial charge < -0.3 is 24.6 Å². The van der Waals surface area contributed by atoms with Crippen LogP contribution in [-0.4, -0.2) is 68.4 Å². The van der Waals surface area contributed by atoms with Crippen LogP contribution in [-0.2, 0) is 11.3 Å². The molecule has 2 heterocycles. The summed E-state index contributed by atoms with van der Waals surface area (Å²) in [6, 6.07) is 14.0. The fourth-order valence-electron chi connectivity index (χ4n) is 3.32. The van der Waals surface area contributed by atoms with Crippen LogP contribution in [0.3, 0.4) is 0 Å². The number of anilines is 1. The molecule has 0 saturated carbocycles. The van der Waals surface area contributed by atoms with Crippen molar-refractivity contribution >= 4 is 11.8 Å². The number of ether oxygens (including phenoxy) is 2. The zero-order chi connectivity index (χ0) is 21.2. The van der Waals surface area contributed by atoms with Crippen LogP contribution in [0.4, 0.5) is 5.82 Å². The van der Waals surface area contributed by atoms with Gasteiger partial charge in [0.25, 0.3) is 0 Å². The predicted molar refractivity (Wildman–Crippen MR) is 121 cm³/mol. The highest BCUT2D eigenvalue weighted by Crippen LogP contribution is 2.17. The molecule has 3 rings (SSSR count). The van der Waals surface area contributed by atoms with Gasteiger partial charge in [-0.2, -0.15) is 0 Å². The van der Waals surface area contributed by atoms with E-state index in [1.807, 2.05) is 49.6 Å². The first-order valence-electron chi connectivity index (χ1n) is 10.6. The number of morpholine rings is 1. The molecule has 0 aliphatic carbocycles. The van der Waals surface area contributed by atoms with Crippen molar-refractivity contribution in [2.75, 3.05) is 51.3 Å². The standard InChI is InChI=1S/C23H33N5O2/c1-4-24-23(27(3)12-14-30-21-8-6-5-7-9-21)26-17-20-10-11-25-22(16-20)28-13-15-29-19(2)18-28/h5-11,16,19H,4,12-15,17-18H2,1-3H3,(H,24,26). The van der Waals surface area contributed by atoms with Gasteiger partial charge in [-0.3, -0.25) is 0 Å². The van der Waals surface area contributed by atoms with Gasteiger partial charge in [0.15, 0.2) is 5.96 Å². The van der Waals surface area contributed by atoms with E-state index in [0.29, 0.717) is 13.2 Å². The molecule has 30 heavy (non-hydrogen) atoms. The van der Waals surface area contributed by atoms with Gasteiger partial charge in [-0.25, -0.2) is 9.98 Å². The largest absolute Gasteiger partial charge is 0.492 e. The number of para-hydroxylation sites is 1. The number of nitrogens with one attached hydrogen (secondary N) is 1. The summed E-state index contributed by atoms with van der Waals surface area (Å²) < 4.78 is 11.4. The van der Waals surface area contributed by atoms with E-state index in [-0.39, 0.29) is 6.10 Å². The molecule has 7 heteroatoms. The van der Waals surface area contributed by atoms with Crippen molar-refractivity contribution in [1.29, 1.82) is 0 Å². The molecular weight excluding hydrogens is 378 g/mol.